The molecule has 0 aliphatic heterocycles. The Morgan fingerprint density at radius 1 is 1.50 bits per heavy atom. The van der Waals surface area contributed by atoms with Gasteiger partial charge in [0.1, 0.15) is 5.75 Å². The second-order valence-corrected chi connectivity index (χ2v) is 4.44. The van der Waals surface area contributed by atoms with Crippen LogP contribution >= 0.6 is 11.6 Å². The molecular formula is C11H12ClNO3. The first kappa shape index (κ1) is 11.2. The van der Waals surface area contributed by atoms with Gasteiger partial charge in [0, 0.05) is 17.5 Å². The Balaban J connectivity index is 2.55. The molecule has 16 heavy (non-hydrogen) atoms. The molecule has 1 aliphatic rings. The minimum absolute atomic E-state index is 0.0880. The van der Waals surface area contributed by atoms with Crippen molar-refractivity contribution in [2.24, 2.45) is 0 Å². The Morgan fingerprint density at radius 3 is 2.62 bits per heavy atom. The maximum Gasteiger partial charge on any atom is 0.221 e. The van der Waals surface area contributed by atoms with Crippen LogP contribution in [0.25, 0.3) is 0 Å². The van der Waals surface area contributed by atoms with Gasteiger partial charge in [-0.1, -0.05) is 11.6 Å². The average Bonchev–Trinajstić information content (AvgIpc) is 2.90. The van der Waals surface area contributed by atoms with Crippen molar-refractivity contribution in [3.63, 3.8) is 0 Å². The number of benzene rings is 1. The van der Waals surface area contributed by atoms with Crippen LogP contribution < -0.4 is 5.32 Å². The van der Waals surface area contributed by atoms with E-state index in [1.165, 1.54) is 19.1 Å². The minimum atomic E-state index is -1.01. The summed E-state index contributed by atoms with van der Waals surface area (Å²) in [6, 6.07) is 2.90. The standard InChI is InChI=1S/C11H12ClNO3/c1-6(14)13-10-8(15)3-2-7(12)9(10)11(16)4-5-11/h2-3,15-16H,4-5H2,1H3,(H,13,14). The first-order chi connectivity index (χ1) is 7.44. The lowest BCUT2D eigenvalue weighted by Gasteiger charge is -2.17. The number of hydrogen-bond donors (Lipinski definition) is 3. The highest BCUT2D eigenvalue weighted by molar-refractivity contribution is 6.32. The molecule has 1 saturated carbocycles. The summed E-state index contributed by atoms with van der Waals surface area (Å²) < 4.78 is 0. The van der Waals surface area contributed by atoms with Crippen molar-refractivity contribution in [2.75, 3.05) is 5.32 Å². The summed E-state index contributed by atoms with van der Waals surface area (Å²) in [6.45, 7) is 1.33. The van der Waals surface area contributed by atoms with Crippen LogP contribution in [0.15, 0.2) is 12.1 Å². The summed E-state index contributed by atoms with van der Waals surface area (Å²) >= 11 is 5.99. The Bertz CT molecular complexity index is 455. The molecule has 0 heterocycles. The largest absolute Gasteiger partial charge is 0.506 e. The molecule has 0 saturated heterocycles. The van der Waals surface area contributed by atoms with E-state index >= 15 is 0 Å². The lowest BCUT2D eigenvalue weighted by atomic mass is 10.0. The number of rotatable bonds is 2. The van der Waals surface area contributed by atoms with Crippen molar-refractivity contribution < 1.29 is 15.0 Å². The van der Waals surface area contributed by atoms with Gasteiger partial charge in [0.2, 0.25) is 5.91 Å². The summed E-state index contributed by atoms with van der Waals surface area (Å²) in [4.78, 5) is 11.0. The first-order valence-electron chi connectivity index (χ1n) is 4.96. The Kier molecular flexibility index (Phi) is 2.56. The Labute approximate surface area is 97.9 Å². The van der Waals surface area contributed by atoms with Gasteiger partial charge in [-0.05, 0) is 25.0 Å². The topological polar surface area (TPSA) is 69.6 Å². The second kappa shape index (κ2) is 3.64. The summed E-state index contributed by atoms with van der Waals surface area (Å²) in [5.74, 6) is -0.405. The van der Waals surface area contributed by atoms with Gasteiger partial charge in [-0.2, -0.15) is 0 Å². The molecule has 2 rings (SSSR count). The fraction of sp³-hybridized carbons (Fsp3) is 0.364. The number of anilines is 1. The molecule has 0 unspecified atom stereocenters. The molecule has 0 spiro atoms. The Hall–Kier alpha value is -1.26. The molecule has 0 radical (unpaired) electrons. The van der Waals surface area contributed by atoms with E-state index in [9.17, 15) is 15.0 Å². The van der Waals surface area contributed by atoms with Crippen LogP contribution in [0.1, 0.15) is 25.3 Å². The van der Waals surface area contributed by atoms with E-state index in [4.69, 9.17) is 11.6 Å². The predicted molar refractivity (Wildman–Crippen MR) is 60.6 cm³/mol. The molecule has 5 heteroatoms. The fourth-order valence-corrected chi connectivity index (χ4v) is 2.03. The van der Waals surface area contributed by atoms with E-state index in [0.717, 1.165) is 0 Å². The zero-order valence-electron chi connectivity index (χ0n) is 8.75. The van der Waals surface area contributed by atoms with Crippen LogP contribution in [0.3, 0.4) is 0 Å². The average molecular weight is 242 g/mol. The summed E-state index contributed by atoms with van der Waals surface area (Å²) in [5, 5.41) is 22.6. The molecule has 1 aromatic rings. The van der Waals surface area contributed by atoms with Gasteiger partial charge in [-0.15, -0.1) is 0 Å². The van der Waals surface area contributed by atoms with Gasteiger partial charge < -0.3 is 15.5 Å². The van der Waals surface area contributed by atoms with Crippen LogP contribution in [-0.2, 0) is 10.4 Å². The van der Waals surface area contributed by atoms with E-state index < -0.39 is 5.60 Å². The number of amides is 1. The minimum Gasteiger partial charge on any atom is -0.506 e. The quantitative estimate of drug-likeness (QED) is 0.694. The maximum absolute atomic E-state index is 11.0. The number of phenolic OH excluding ortho intramolecular Hbond substituents is 1. The van der Waals surface area contributed by atoms with Crippen LogP contribution in [0.5, 0.6) is 5.75 Å². The molecule has 1 fully saturated rings. The third-order valence-electron chi connectivity index (χ3n) is 2.62. The Morgan fingerprint density at radius 2 is 2.12 bits per heavy atom. The van der Waals surface area contributed by atoms with Gasteiger partial charge in [0.05, 0.1) is 11.3 Å². The van der Waals surface area contributed by atoms with E-state index in [-0.39, 0.29) is 17.3 Å². The third kappa shape index (κ3) is 1.86. The number of carbonyl (C=O) groups is 1. The number of nitrogens with one attached hydrogen (secondary N) is 1. The van der Waals surface area contributed by atoms with E-state index in [1.54, 1.807) is 0 Å². The molecule has 4 nitrogen and oxygen atoms in total. The SMILES string of the molecule is CC(=O)Nc1c(O)ccc(Cl)c1C1(O)CC1. The van der Waals surface area contributed by atoms with E-state index in [2.05, 4.69) is 5.32 Å². The van der Waals surface area contributed by atoms with Crippen molar-refractivity contribution in [3.8, 4) is 5.75 Å². The summed E-state index contributed by atoms with van der Waals surface area (Å²) in [6.07, 6.45) is 1.17. The van der Waals surface area contributed by atoms with Gasteiger partial charge in [-0.25, -0.2) is 0 Å². The highest BCUT2D eigenvalue weighted by Crippen LogP contribution is 2.52. The molecule has 0 atom stereocenters. The van der Waals surface area contributed by atoms with Crippen LogP contribution in [0.4, 0.5) is 5.69 Å². The predicted octanol–water partition coefficient (Wildman–Crippen LogP) is 1.99. The third-order valence-corrected chi connectivity index (χ3v) is 2.94. The number of carbonyl (C=O) groups excluding carboxylic acids is 1. The lowest BCUT2D eigenvalue weighted by Crippen LogP contribution is -2.14. The fourth-order valence-electron chi connectivity index (χ4n) is 1.69. The number of aliphatic hydroxyl groups is 1. The number of hydrogen-bond acceptors (Lipinski definition) is 3. The van der Waals surface area contributed by atoms with Crippen molar-refractivity contribution in [1.29, 1.82) is 0 Å². The van der Waals surface area contributed by atoms with E-state index in [0.29, 0.717) is 23.4 Å². The molecular weight excluding hydrogens is 230 g/mol. The van der Waals surface area contributed by atoms with Crippen LogP contribution in [0, 0.1) is 0 Å². The molecule has 3 N–H and O–H groups in total. The van der Waals surface area contributed by atoms with E-state index in [1.807, 2.05) is 0 Å². The zero-order chi connectivity index (χ0) is 11.9. The van der Waals surface area contributed by atoms with Crippen molar-refractivity contribution in [3.05, 3.63) is 22.7 Å². The van der Waals surface area contributed by atoms with Crippen molar-refractivity contribution in [1.82, 2.24) is 0 Å². The first-order valence-corrected chi connectivity index (χ1v) is 5.34. The van der Waals surface area contributed by atoms with Gasteiger partial charge in [0.15, 0.2) is 0 Å². The molecule has 86 valence electrons. The molecule has 1 aromatic carbocycles. The van der Waals surface area contributed by atoms with Gasteiger partial charge in [-0.3, -0.25) is 4.79 Å². The van der Waals surface area contributed by atoms with Gasteiger partial charge in [0.25, 0.3) is 0 Å². The van der Waals surface area contributed by atoms with Gasteiger partial charge >= 0.3 is 0 Å². The summed E-state index contributed by atoms with van der Waals surface area (Å²) in [5.41, 5.74) is -0.391. The highest BCUT2D eigenvalue weighted by atomic mass is 35.5. The van der Waals surface area contributed by atoms with Crippen molar-refractivity contribution in [2.45, 2.75) is 25.4 Å². The smallest absolute Gasteiger partial charge is 0.221 e. The molecule has 0 bridgehead atoms. The van der Waals surface area contributed by atoms with Crippen molar-refractivity contribution >= 4 is 23.2 Å². The highest BCUT2D eigenvalue weighted by Gasteiger charge is 2.46. The van der Waals surface area contributed by atoms with Crippen LogP contribution in [0.2, 0.25) is 5.02 Å². The van der Waals surface area contributed by atoms with Crippen LogP contribution in [-0.4, -0.2) is 16.1 Å². The normalized spacial score (nSPS) is 16.9. The number of phenols is 1. The lowest BCUT2D eigenvalue weighted by molar-refractivity contribution is -0.114. The molecule has 1 amide bonds. The molecule has 1 aliphatic carbocycles. The second-order valence-electron chi connectivity index (χ2n) is 4.03. The number of halogens is 1. The zero-order valence-corrected chi connectivity index (χ0v) is 9.51. The summed E-state index contributed by atoms with van der Waals surface area (Å²) in [7, 11) is 0. The monoisotopic (exact) mass is 241 g/mol. The number of aromatic hydroxyl groups is 1. The molecule has 0 aromatic heterocycles. The maximum atomic E-state index is 11.0.